The van der Waals surface area contributed by atoms with Crippen LogP contribution in [-0.2, 0) is 4.79 Å². The summed E-state index contributed by atoms with van der Waals surface area (Å²) in [6, 6.07) is 0.537. The molecule has 2 aliphatic rings. The Morgan fingerprint density at radius 3 is 2.72 bits per heavy atom. The van der Waals surface area contributed by atoms with E-state index in [1.54, 1.807) is 0 Å². The highest BCUT2D eigenvalue weighted by Gasteiger charge is 2.28. The van der Waals surface area contributed by atoms with E-state index in [1.807, 2.05) is 0 Å². The zero-order chi connectivity index (χ0) is 12.8. The normalized spacial score (nSPS) is 23.6. The minimum absolute atomic E-state index is 0.377. The zero-order valence-corrected chi connectivity index (χ0v) is 11.8. The second-order valence-corrected chi connectivity index (χ2v) is 5.90. The van der Waals surface area contributed by atoms with Crippen molar-refractivity contribution in [2.24, 2.45) is 5.92 Å². The van der Waals surface area contributed by atoms with E-state index in [0.717, 1.165) is 38.4 Å². The van der Waals surface area contributed by atoms with E-state index in [0.29, 0.717) is 11.9 Å². The Morgan fingerprint density at radius 2 is 2.06 bits per heavy atom. The molecular weight excluding hydrogens is 224 g/mol. The molecule has 3 heteroatoms. The van der Waals surface area contributed by atoms with Crippen molar-refractivity contribution in [3.8, 4) is 0 Å². The first-order chi connectivity index (χ1) is 8.81. The Hall–Kier alpha value is -0.570. The van der Waals surface area contributed by atoms with E-state index in [-0.39, 0.29) is 0 Å². The minimum atomic E-state index is 0.377. The van der Waals surface area contributed by atoms with Gasteiger partial charge in [0.25, 0.3) is 0 Å². The molecule has 0 radical (unpaired) electrons. The summed E-state index contributed by atoms with van der Waals surface area (Å²) in [5, 5.41) is 3.69. The monoisotopic (exact) mass is 252 g/mol. The Kier molecular flexibility index (Phi) is 5.48. The molecule has 104 valence electrons. The van der Waals surface area contributed by atoms with Gasteiger partial charge >= 0.3 is 0 Å². The molecular formula is C15H28N2O. The van der Waals surface area contributed by atoms with Crippen molar-refractivity contribution in [2.75, 3.05) is 19.6 Å². The molecule has 1 heterocycles. The molecule has 1 saturated carbocycles. The highest BCUT2D eigenvalue weighted by Crippen LogP contribution is 2.28. The third kappa shape index (κ3) is 3.71. The summed E-state index contributed by atoms with van der Waals surface area (Å²) in [5.74, 6) is 1.17. The molecule has 1 aliphatic heterocycles. The van der Waals surface area contributed by atoms with Crippen LogP contribution in [0.1, 0.15) is 58.3 Å². The quantitative estimate of drug-likeness (QED) is 0.788. The van der Waals surface area contributed by atoms with Crippen LogP contribution < -0.4 is 5.32 Å². The maximum atomic E-state index is 11.9. The molecule has 1 atom stereocenters. The number of rotatable bonds is 6. The summed E-state index contributed by atoms with van der Waals surface area (Å²) >= 11 is 0. The first-order valence-electron chi connectivity index (χ1n) is 7.82. The number of carbonyl (C=O) groups is 1. The Morgan fingerprint density at radius 1 is 1.28 bits per heavy atom. The average molecular weight is 252 g/mol. The van der Waals surface area contributed by atoms with Gasteiger partial charge in [0.15, 0.2) is 0 Å². The van der Waals surface area contributed by atoms with Crippen LogP contribution >= 0.6 is 0 Å². The van der Waals surface area contributed by atoms with Crippen molar-refractivity contribution in [3.05, 3.63) is 0 Å². The van der Waals surface area contributed by atoms with Gasteiger partial charge in [0.2, 0.25) is 5.91 Å². The van der Waals surface area contributed by atoms with Crippen molar-refractivity contribution in [1.29, 1.82) is 0 Å². The molecule has 1 unspecified atom stereocenters. The summed E-state index contributed by atoms with van der Waals surface area (Å²) < 4.78 is 0. The highest BCUT2D eigenvalue weighted by atomic mass is 16.2. The molecule has 2 rings (SSSR count). The molecule has 1 saturated heterocycles. The van der Waals surface area contributed by atoms with Gasteiger partial charge in [0.05, 0.1) is 0 Å². The van der Waals surface area contributed by atoms with E-state index in [2.05, 4.69) is 17.1 Å². The van der Waals surface area contributed by atoms with Crippen molar-refractivity contribution in [3.63, 3.8) is 0 Å². The molecule has 3 nitrogen and oxygen atoms in total. The van der Waals surface area contributed by atoms with Gasteiger partial charge in [0.1, 0.15) is 0 Å². The van der Waals surface area contributed by atoms with Gasteiger partial charge < -0.3 is 10.2 Å². The predicted octanol–water partition coefficient (Wildman–Crippen LogP) is 2.56. The lowest BCUT2D eigenvalue weighted by atomic mass is 9.96. The van der Waals surface area contributed by atoms with E-state index in [9.17, 15) is 4.79 Å². The summed E-state index contributed by atoms with van der Waals surface area (Å²) in [6.45, 7) is 5.23. The van der Waals surface area contributed by atoms with E-state index in [4.69, 9.17) is 0 Å². The van der Waals surface area contributed by atoms with E-state index < -0.39 is 0 Å². The van der Waals surface area contributed by atoms with Gasteiger partial charge in [-0.2, -0.15) is 0 Å². The summed E-state index contributed by atoms with van der Waals surface area (Å²) in [7, 11) is 0. The van der Waals surface area contributed by atoms with Gasteiger partial charge in [-0.15, -0.1) is 0 Å². The fourth-order valence-electron chi connectivity index (χ4n) is 3.36. The second kappa shape index (κ2) is 7.13. The molecule has 1 N–H and O–H groups in total. The van der Waals surface area contributed by atoms with Crippen LogP contribution in [0.25, 0.3) is 0 Å². The van der Waals surface area contributed by atoms with Crippen molar-refractivity contribution in [1.82, 2.24) is 10.2 Å². The zero-order valence-electron chi connectivity index (χ0n) is 11.8. The lowest BCUT2D eigenvalue weighted by Gasteiger charge is -2.33. The number of carbonyl (C=O) groups excluding carboxylic acids is 1. The molecule has 0 aromatic heterocycles. The number of nitrogens with zero attached hydrogens (tertiary/aromatic N) is 1. The summed E-state index contributed by atoms with van der Waals surface area (Å²) in [6.07, 6.45) is 9.68. The molecule has 0 aromatic rings. The third-order valence-corrected chi connectivity index (χ3v) is 4.46. The van der Waals surface area contributed by atoms with Crippen molar-refractivity contribution in [2.45, 2.75) is 64.3 Å². The molecule has 0 aromatic carbocycles. The van der Waals surface area contributed by atoms with Crippen LogP contribution in [0.3, 0.4) is 0 Å². The van der Waals surface area contributed by atoms with Crippen LogP contribution in [0.2, 0.25) is 0 Å². The van der Waals surface area contributed by atoms with Gasteiger partial charge in [-0.3, -0.25) is 4.79 Å². The molecule has 2 fully saturated rings. The minimum Gasteiger partial charge on any atom is -0.341 e. The number of nitrogens with one attached hydrogen (secondary N) is 1. The third-order valence-electron chi connectivity index (χ3n) is 4.46. The Labute approximate surface area is 111 Å². The van der Waals surface area contributed by atoms with Crippen molar-refractivity contribution >= 4 is 5.91 Å². The molecule has 1 amide bonds. The van der Waals surface area contributed by atoms with E-state index >= 15 is 0 Å². The van der Waals surface area contributed by atoms with Crippen LogP contribution in [-0.4, -0.2) is 36.5 Å². The average Bonchev–Trinajstić information content (AvgIpc) is 2.90. The summed E-state index contributed by atoms with van der Waals surface area (Å²) in [4.78, 5) is 14.0. The van der Waals surface area contributed by atoms with Gasteiger partial charge in [-0.05, 0) is 44.6 Å². The molecule has 1 aliphatic carbocycles. The van der Waals surface area contributed by atoms with E-state index in [1.165, 1.54) is 38.5 Å². The number of amides is 1. The maximum absolute atomic E-state index is 11.9. The van der Waals surface area contributed by atoms with Crippen molar-refractivity contribution < 1.29 is 4.79 Å². The smallest absolute Gasteiger partial charge is 0.222 e. The maximum Gasteiger partial charge on any atom is 0.222 e. The number of hydrogen-bond acceptors (Lipinski definition) is 2. The topological polar surface area (TPSA) is 32.3 Å². The van der Waals surface area contributed by atoms with Gasteiger partial charge in [-0.25, -0.2) is 0 Å². The Bertz CT molecular complexity index is 261. The van der Waals surface area contributed by atoms with Gasteiger partial charge in [-0.1, -0.05) is 19.8 Å². The SMILES string of the molecule is CCCNC(CN1CCCCC1=O)C1CCCC1. The first-order valence-corrected chi connectivity index (χ1v) is 7.82. The molecule has 0 spiro atoms. The standard InChI is InChI=1S/C15H28N2O/c1-2-10-16-14(13-7-3-4-8-13)12-17-11-6-5-9-15(17)18/h13-14,16H,2-12H2,1H3. The lowest BCUT2D eigenvalue weighted by Crippen LogP contribution is -2.48. The number of hydrogen-bond donors (Lipinski definition) is 1. The van der Waals surface area contributed by atoms with Crippen LogP contribution in [0.5, 0.6) is 0 Å². The van der Waals surface area contributed by atoms with Crippen LogP contribution in [0.15, 0.2) is 0 Å². The lowest BCUT2D eigenvalue weighted by molar-refractivity contribution is -0.133. The second-order valence-electron chi connectivity index (χ2n) is 5.90. The predicted molar refractivity (Wildman–Crippen MR) is 74.5 cm³/mol. The number of piperidine rings is 1. The fourth-order valence-corrected chi connectivity index (χ4v) is 3.36. The molecule has 18 heavy (non-hydrogen) atoms. The van der Waals surface area contributed by atoms with Crippen LogP contribution in [0, 0.1) is 5.92 Å². The van der Waals surface area contributed by atoms with Gasteiger partial charge in [0, 0.05) is 25.6 Å². The first kappa shape index (κ1) is 13.9. The number of likely N-dealkylation sites (tertiary alicyclic amines) is 1. The highest BCUT2D eigenvalue weighted by molar-refractivity contribution is 5.76. The largest absolute Gasteiger partial charge is 0.341 e. The fraction of sp³-hybridized carbons (Fsp3) is 0.933. The Balaban J connectivity index is 1.88. The van der Waals surface area contributed by atoms with Crippen LogP contribution in [0.4, 0.5) is 0 Å². The summed E-state index contributed by atoms with van der Waals surface area (Å²) in [5.41, 5.74) is 0. The molecule has 0 bridgehead atoms.